The van der Waals surface area contributed by atoms with Crippen molar-refractivity contribution in [3.8, 4) is 5.75 Å². The van der Waals surface area contributed by atoms with Gasteiger partial charge in [-0.05, 0) is 67.9 Å². The van der Waals surface area contributed by atoms with Gasteiger partial charge in [0.15, 0.2) is 5.78 Å². The van der Waals surface area contributed by atoms with Crippen molar-refractivity contribution in [2.75, 3.05) is 6.54 Å². The number of aliphatic hydroxyl groups is 1. The predicted octanol–water partition coefficient (Wildman–Crippen LogP) is 5.75. The molecule has 4 nitrogen and oxygen atoms in total. The number of fused-ring (bicyclic) bond motifs is 5. The van der Waals surface area contributed by atoms with Crippen LogP contribution >= 0.6 is 0 Å². The zero-order valence-corrected chi connectivity index (χ0v) is 18.0. The summed E-state index contributed by atoms with van der Waals surface area (Å²) in [6, 6.07) is 17.1. The number of rotatable bonds is 6. The molecule has 5 rings (SSSR count). The van der Waals surface area contributed by atoms with Gasteiger partial charge in [0.2, 0.25) is 0 Å². The number of benzene rings is 2. The van der Waals surface area contributed by atoms with Crippen molar-refractivity contribution < 1.29 is 14.6 Å². The van der Waals surface area contributed by atoms with Crippen LogP contribution in [-0.2, 0) is 11.2 Å². The predicted molar refractivity (Wildman–Crippen MR) is 122 cm³/mol. The second-order valence-corrected chi connectivity index (χ2v) is 8.90. The average Bonchev–Trinajstić information content (AvgIpc) is 3.24. The topological polar surface area (TPSA) is 49.8 Å². The molecule has 0 aromatic heterocycles. The Bertz CT molecular complexity index is 1050. The fourth-order valence-electron chi connectivity index (χ4n) is 5.27. The number of nitrogens with zero attached hydrogens (tertiary/aromatic N) is 1. The monoisotopic (exact) mass is 415 g/mol. The van der Waals surface area contributed by atoms with E-state index < -0.39 is 0 Å². The third kappa shape index (κ3) is 3.87. The number of carbonyl (C=O) groups excluding carboxylic acids is 1. The number of aliphatic hydroxyl groups excluding tert-OH is 1. The van der Waals surface area contributed by atoms with E-state index in [9.17, 15) is 9.90 Å². The van der Waals surface area contributed by atoms with Gasteiger partial charge >= 0.3 is 0 Å². The van der Waals surface area contributed by atoms with Crippen LogP contribution in [-0.4, -0.2) is 28.4 Å². The molecule has 3 aliphatic rings. The maximum absolute atomic E-state index is 12.1. The summed E-state index contributed by atoms with van der Waals surface area (Å²) in [5.41, 5.74) is 5.41. The van der Waals surface area contributed by atoms with Gasteiger partial charge in [-0.15, -0.1) is 0 Å². The van der Waals surface area contributed by atoms with E-state index in [1.807, 2.05) is 6.07 Å². The number of carbonyl (C=O) groups is 1. The Morgan fingerprint density at radius 2 is 2.03 bits per heavy atom. The summed E-state index contributed by atoms with van der Waals surface area (Å²) in [5.74, 6) is 0.893. The maximum atomic E-state index is 12.1. The van der Waals surface area contributed by atoms with E-state index in [4.69, 9.17) is 4.74 Å². The Morgan fingerprint density at radius 1 is 1.19 bits per heavy atom. The summed E-state index contributed by atoms with van der Waals surface area (Å²) in [5, 5.41) is 10.7. The van der Waals surface area contributed by atoms with Gasteiger partial charge in [-0.25, -0.2) is 0 Å². The van der Waals surface area contributed by atoms with Crippen LogP contribution in [0, 0.1) is 0 Å². The third-order valence-corrected chi connectivity index (χ3v) is 6.69. The molecule has 0 amide bonds. The van der Waals surface area contributed by atoms with Crippen molar-refractivity contribution in [1.29, 1.82) is 0 Å². The summed E-state index contributed by atoms with van der Waals surface area (Å²) in [7, 11) is 0. The van der Waals surface area contributed by atoms with Crippen LogP contribution in [0.4, 0.5) is 0 Å². The zero-order valence-electron chi connectivity index (χ0n) is 18.0. The minimum Gasteiger partial charge on any atom is -0.507 e. The molecule has 1 unspecified atom stereocenters. The van der Waals surface area contributed by atoms with E-state index in [-0.39, 0.29) is 17.6 Å². The molecule has 2 aromatic carbocycles. The first-order chi connectivity index (χ1) is 15.1. The second-order valence-electron chi connectivity index (χ2n) is 8.90. The minimum absolute atomic E-state index is 0.0233. The second kappa shape index (κ2) is 8.26. The van der Waals surface area contributed by atoms with E-state index in [0.717, 1.165) is 61.2 Å². The lowest BCUT2D eigenvalue weighted by Crippen LogP contribution is -2.31. The fraction of sp³-hybridized carbons (Fsp3) is 0.370. The summed E-state index contributed by atoms with van der Waals surface area (Å²) in [6.07, 6.45) is 7.16. The standard InChI is InChI=1S/C27H29NO3/c1-18(7-5-10-19-8-3-2-4-9-19)31-21-12-13-22-23(17-21)27-25(15-20(29)16-26(27)30)28-14-6-11-24(22)28/h2-4,8-9,12-13,16-18,24,30H,5-7,10-11,14-15H2,1H3/t18-,24?/m1/s1. The summed E-state index contributed by atoms with van der Waals surface area (Å²) < 4.78 is 6.26. The summed E-state index contributed by atoms with van der Waals surface area (Å²) in [4.78, 5) is 14.4. The molecule has 4 heteroatoms. The zero-order chi connectivity index (χ0) is 21.4. The molecule has 1 saturated heterocycles. The third-order valence-electron chi connectivity index (χ3n) is 6.69. The van der Waals surface area contributed by atoms with Gasteiger partial charge in [0.1, 0.15) is 11.5 Å². The van der Waals surface area contributed by atoms with E-state index >= 15 is 0 Å². The van der Waals surface area contributed by atoms with Gasteiger partial charge in [0, 0.05) is 23.9 Å². The lowest BCUT2D eigenvalue weighted by Gasteiger charge is -2.38. The van der Waals surface area contributed by atoms with Gasteiger partial charge in [-0.1, -0.05) is 36.4 Å². The molecule has 1 fully saturated rings. The van der Waals surface area contributed by atoms with Crippen LogP contribution in [0.15, 0.2) is 66.1 Å². The van der Waals surface area contributed by atoms with Gasteiger partial charge in [-0.3, -0.25) is 4.79 Å². The molecular weight excluding hydrogens is 386 g/mol. The average molecular weight is 416 g/mol. The van der Waals surface area contributed by atoms with E-state index in [1.165, 1.54) is 17.2 Å². The van der Waals surface area contributed by atoms with Gasteiger partial charge in [0.05, 0.1) is 18.6 Å². The van der Waals surface area contributed by atoms with Gasteiger partial charge in [-0.2, -0.15) is 0 Å². The number of hydrogen-bond acceptors (Lipinski definition) is 4. The van der Waals surface area contributed by atoms with Gasteiger partial charge in [0.25, 0.3) is 0 Å². The largest absolute Gasteiger partial charge is 0.507 e. The van der Waals surface area contributed by atoms with Crippen LogP contribution in [0.2, 0.25) is 0 Å². The molecule has 2 heterocycles. The van der Waals surface area contributed by atoms with Crippen LogP contribution in [0.1, 0.15) is 61.8 Å². The molecule has 0 spiro atoms. The van der Waals surface area contributed by atoms with Crippen molar-refractivity contribution in [3.05, 3.63) is 82.8 Å². The van der Waals surface area contributed by atoms with Crippen molar-refractivity contribution >= 4 is 11.4 Å². The molecule has 0 saturated carbocycles. The highest BCUT2D eigenvalue weighted by atomic mass is 16.5. The molecule has 2 atom stereocenters. The maximum Gasteiger partial charge on any atom is 0.165 e. The number of ether oxygens (including phenoxy) is 1. The number of ketones is 1. The molecule has 1 aliphatic carbocycles. The highest BCUT2D eigenvalue weighted by Gasteiger charge is 2.39. The molecule has 0 bridgehead atoms. The Labute approximate surface area is 183 Å². The Balaban J connectivity index is 1.34. The molecule has 1 N–H and O–H groups in total. The fourth-order valence-corrected chi connectivity index (χ4v) is 5.27. The van der Waals surface area contributed by atoms with Crippen LogP contribution in [0.5, 0.6) is 5.75 Å². The normalized spacial score (nSPS) is 20.7. The molecule has 160 valence electrons. The number of aryl methyl sites for hydroxylation is 1. The highest BCUT2D eigenvalue weighted by Crippen LogP contribution is 2.49. The lowest BCUT2D eigenvalue weighted by atomic mass is 9.84. The van der Waals surface area contributed by atoms with Crippen LogP contribution < -0.4 is 4.74 Å². The first-order valence-corrected chi connectivity index (χ1v) is 11.4. The summed E-state index contributed by atoms with van der Waals surface area (Å²) >= 11 is 0. The van der Waals surface area contributed by atoms with Gasteiger partial charge < -0.3 is 14.7 Å². The van der Waals surface area contributed by atoms with Crippen molar-refractivity contribution in [1.82, 2.24) is 4.90 Å². The smallest absolute Gasteiger partial charge is 0.165 e. The first-order valence-electron chi connectivity index (χ1n) is 11.4. The quantitative estimate of drug-likeness (QED) is 0.652. The van der Waals surface area contributed by atoms with Crippen molar-refractivity contribution in [3.63, 3.8) is 0 Å². The highest BCUT2D eigenvalue weighted by molar-refractivity contribution is 6.01. The molecular formula is C27H29NO3. The van der Waals surface area contributed by atoms with Crippen LogP contribution in [0.25, 0.3) is 5.57 Å². The van der Waals surface area contributed by atoms with Crippen LogP contribution in [0.3, 0.4) is 0 Å². The van der Waals surface area contributed by atoms with Crippen molar-refractivity contribution in [2.24, 2.45) is 0 Å². The Morgan fingerprint density at radius 3 is 2.87 bits per heavy atom. The van der Waals surface area contributed by atoms with E-state index in [0.29, 0.717) is 12.5 Å². The minimum atomic E-state index is -0.0233. The summed E-state index contributed by atoms with van der Waals surface area (Å²) in [6.45, 7) is 3.06. The molecule has 31 heavy (non-hydrogen) atoms. The number of allylic oxidation sites excluding steroid dienone is 3. The first kappa shape index (κ1) is 19.9. The lowest BCUT2D eigenvalue weighted by molar-refractivity contribution is -0.114. The molecule has 2 aromatic rings. The number of hydrogen-bond donors (Lipinski definition) is 1. The molecule has 2 aliphatic heterocycles. The van der Waals surface area contributed by atoms with E-state index in [2.05, 4.69) is 54.3 Å². The van der Waals surface area contributed by atoms with Crippen molar-refractivity contribution in [2.45, 2.75) is 57.6 Å². The Kier molecular flexibility index (Phi) is 5.31. The molecule has 0 radical (unpaired) electrons. The van der Waals surface area contributed by atoms with E-state index in [1.54, 1.807) is 0 Å². The SMILES string of the molecule is C[C@H](CCCc1ccccc1)Oc1ccc2c(c1)C1=C(CC(=O)C=C1O)N1CCCC21. The Hall–Kier alpha value is -3.01.